The zero-order chi connectivity index (χ0) is 15.5. The normalized spacial score (nSPS) is 18.3. The van der Waals surface area contributed by atoms with Gasteiger partial charge in [0.1, 0.15) is 0 Å². The first-order valence-corrected chi connectivity index (χ1v) is 8.04. The van der Waals surface area contributed by atoms with E-state index in [1.807, 2.05) is 0 Å². The number of alkyl halides is 4. The summed E-state index contributed by atoms with van der Waals surface area (Å²) in [6.07, 6.45) is 0.442. The maximum absolute atomic E-state index is 12.7. The van der Waals surface area contributed by atoms with Crippen molar-refractivity contribution in [3.8, 4) is 0 Å². The molecule has 0 spiro atoms. The molecule has 0 radical (unpaired) electrons. The van der Waals surface area contributed by atoms with Gasteiger partial charge in [0, 0.05) is 10.9 Å². The Morgan fingerprint density at radius 2 is 1.90 bits per heavy atom. The average Bonchev–Trinajstić information content (AvgIpc) is 2.47. The minimum Gasteiger partial charge on any atom is -0.346 e. The topological polar surface area (TPSA) is 29.1 Å². The van der Waals surface area contributed by atoms with Gasteiger partial charge < -0.3 is 5.32 Å². The molecule has 1 aromatic rings. The molecule has 0 bridgehead atoms. The predicted molar refractivity (Wildman–Crippen MR) is 78.5 cm³/mol. The van der Waals surface area contributed by atoms with Crippen LogP contribution in [-0.2, 0) is 6.18 Å². The summed E-state index contributed by atoms with van der Waals surface area (Å²) in [5.41, 5.74) is -1.09. The first-order chi connectivity index (χ1) is 9.86. The average molecular weight is 364 g/mol. The summed E-state index contributed by atoms with van der Waals surface area (Å²) >= 11 is 3.42. The van der Waals surface area contributed by atoms with E-state index in [-0.39, 0.29) is 11.1 Å². The summed E-state index contributed by atoms with van der Waals surface area (Å²) < 4.78 is 38.1. The molecule has 1 aliphatic rings. The summed E-state index contributed by atoms with van der Waals surface area (Å²) in [6.45, 7) is 0. The number of nitrogens with one attached hydrogen (secondary N) is 1. The molecule has 1 fully saturated rings. The number of halogens is 4. The summed E-state index contributed by atoms with van der Waals surface area (Å²) in [5, 5.41) is 3.54. The Balaban J connectivity index is 2.16. The zero-order valence-corrected chi connectivity index (χ0v) is 13.1. The van der Waals surface area contributed by atoms with Crippen LogP contribution in [-0.4, -0.2) is 16.8 Å². The molecule has 116 valence electrons. The molecule has 6 heteroatoms. The number of carbonyl (C=O) groups is 1. The second-order valence-corrected chi connectivity index (χ2v) is 6.07. The molecule has 1 saturated carbocycles. The molecular formula is C15H17BrF3NO. The summed E-state index contributed by atoms with van der Waals surface area (Å²) in [5.74, 6) is -0.442. The summed E-state index contributed by atoms with van der Waals surface area (Å²) in [6, 6.07) is 4.55. The highest BCUT2D eigenvalue weighted by Gasteiger charge is 2.34. The van der Waals surface area contributed by atoms with E-state index >= 15 is 0 Å². The molecule has 0 heterocycles. The molecule has 0 saturated heterocycles. The Labute approximate surface area is 130 Å². The van der Waals surface area contributed by atoms with Gasteiger partial charge in [-0.05, 0) is 31.0 Å². The van der Waals surface area contributed by atoms with E-state index in [2.05, 4.69) is 21.2 Å². The first kappa shape index (κ1) is 16.3. The first-order valence-electron chi connectivity index (χ1n) is 6.92. The molecule has 1 aliphatic carbocycles. The zero-order valence-electron chi connectivity index (χ0n) is 11.5. The van der Waals surface area contributed by atoms with Gasteiger partial charge in [0.15, 0.2) is 0 Å². The van der Waals surface area contributed by atoms with Crippen LogP contribution in [0, 0.1) is 0 Å². The van der Waals surface area contributed by atoms with Crippen LogP contribution in [0.3, 0.4) is 0 Å². The number of hydrogen-bond acceptors (Lipinski definition) is 1. The van der Waals surface area contributed by atoms with Crippen LogP contribution in [0.1, 0.15) is 48.0 Å². The van der Waals surface area contributed by atoms with E-state index < -0.39 is 17.6 Å². The number of rotatable bonds is 3. The maximum Gasteiger partial charge on any atom is 0.416 e. The van der Waals surface area contributed by atoms with Crippen LogP contribution in [0.4, 0.5) is 13.2 Å². The van der Waals surface area contributed by atoms with Crippen molar-refractivity contribution in [2.75, 3.05) is 5.33 Å². The lowest BCUT2D eigenvalue weighted by atomic mass is 9.83. The molecule has 0 unspecified atom stereocenters. The Morgan fingerprint density at radius 3 is 2.48 bits per heavy atom. The van der Waals surface area contributed by atoms with Gasteiger partial charge in [0.05, 0.1) is 11.1 Å². The van der Waals surface area contributed by atoms with Crippen LogP contribution >= 0.6 is 15.9 Å². The van der Waals surface area contributed by atoms with Crippen LogP contribution in [0.25, 0.3) is 0 Å². The van der Waals surface area contributed by atoms with Crippen molar-refractivity contribution in [3.05, 3.63) is 35.4 Å². The summed E-state index contributed by atoms with van der Waals surface area (Å²) in [7, 11) is 0. The smallest absolute Gasteiger partial charge is 0.346 e. The van der Waals surface area contributed by atoms with Gasteiger partial charge in [-0.25, -0.2) is 0 Å². The van der Waals surface area contributed by atoms with Crippen molar-refractivity contribution in [2.45, 2.75) is 43.8 Å². The number of hydrogen-bond donors (Lipinski definition) is 1. The number of benzene rings is 1. The van der Waals surface area contributed by atoms with E-state index in [9.17, 15) is 18.0 Å². The lowest BCUT2D eigenvalue weighted by Crippen LogP contribution is -2.51. The third-order valence-electron chi connectivity index (χ3n) is 3.90. The molecular weight excluding hydrogens is 347 g/mol. The van der Waals surface area contributed by atoms with Crippen LogP contribution < -0.4 is 5.32 Å². The quantitative estimate of drug-likeness (QED) is 0.785. The molecule has 1 N–H and O–H groups in total. The van der Waals surface area contributed by atoms with Gasteiger partial charge in [-0.2, -0.15) is 13.2 Å². The molecule has 1 amide bonds. The van der Waals surface area contributed by atoms with Gasteiger partial charge in [0.2, 0.25) is 0 Å². The van der Waals surface area contributed by atoms with E-state index in [1.54, 1.807) is 0 Å². The molecule has 0 atom stereocenters. The van der Waals surface area contributed by atoms with Crippen LogP contribution in [0.15, 0.2) is 24.3 Å². The van der Waals surface area contributed by atoms with Crippen molar-refractivity contribution in [2.24, 2.45) is 0 Å². The van der Waals surface area contributed by atoms with Crippen molar-refractivity contribution in [1.82, 2.24) is 5.32 Å². The maximum atomic E-state index is 12.7. The Kier molecular flexibility index (Phi) is 4.96. The lowest BCUT2D eigenvalue weighted by molar-refractivity contribution is -0.137. The van der Waals surface area contributed by atoms with E-state index in [4.69, 9.17) is 0 Å². The molecule has 2 nitrogen and oxygen atoms in total. The Hall–Kier alpha value is -1.04. The molecule has 2 rings (SSSR count). The van der Waals surface area contributed by atoms with Crippen LogP contribution in [0.5, 0.6) is 0 Å². The third kappa shape index (κ3) is 3.99. The molecule has 0 aliphatic heterocycles. The van der Waals surface area contributed by atoms with Gasteiger partial charge in [-0.3, -0.25) is 4.79 Å². The largest absolute Gasteiger partial charge is 0.416 e. The van der Waals surface area contributed by atoms with E-state index in [0.29, 0.717) is 5.33 Å². The molecule has 0 aromatic heterocycles. The van der Waals surface area contributed by atoms with E-state index in [1.165, 1.54) is 12.1 Å². The van der Waals surface area contributed by atoms with Gasteiger partial charge in [-0.15, -0.1) is 0 Å². The van der Waals surface area contributed by atoms with Crippen molar-refractivity contribution < 1.29 is 18.0 Å². The van der Waals surface area contributed by atoms with Gasteiger partial charge >= 0.3 is 6.18 Å². The second kappa shape index (κ2) is 6.38. The minimum atomic E-state index is -4.44. The van der Waals surface area contributed by atoms with Gasteiger partial charge in [-0.1, -0.05) is 41.3 Å². The highest BCUT2D eigenvalue weighted by molar-refractivity contribution is 9.09. The predicted octanol–water partition coefficient (Wildman–Crippen LogP) is 4.53. The standard InChI is InChI=1S/C15H17BrF3NO/c16-10-14(7-2-1-3-8-14)20-13(21)11-5-4-6-12(9-11)15(17,18)19/h4-6,9H,1-3,7-8,10H2,(H,20,21). The Morgan fingerprint density at radius 1 is 1.24 bits per heavy atom. The van der Waals surface area contributed by atoms with Crippen molar-refractivity contribution in [1.29, 1.82) is 0 Å². The Bertz CT molecular complexity index is 510. The monoisotopic (exact) mass is 363 g/mol. The fourth-order valence-electron chi connectivity index (χ4n) is 2.67. The number of carbonyl (C=O) groups excluding carboxylic acids is 1. The fraction of sp³-hybridized carbons (Fsp3) is 0.533. The lowest BCUT2D eigenvalue weighted by Gasteiger charge is -2.36. The highest BCUT2D eigenvalue weighted by atomic mass is 79.9. The molecule has 21 heavy (non-hydrogen) atoms. The minimum absolute atomic E-state index is 0.0516. The fourth-order valence-corrected chi connectivity index (χ4v) is 3.37. The third-order valence-corrected chi connectivity index (χ3v) is 4.97. The highest BCUT2D eigenvalue weighted by Crippen LogP contribution is 2.31. The van der Waals surface area contributed by atoms with Crippen LogP contribution in [0.2, 0.25) is 0 Å². The number of amides is 1. The van der Waals surface area contributed by atoms with Gasteiger partial charge in [0.25, 0.3) is 5.91 Å². The summed E-state index contributed by atoms with van der Waals surface area (Å²) in [4.78, 5) is 12.3. The second-order valence-electron chi connectivity index (χ2n) is 5.51. The van der Waals surface area contributed by atoms with E-state index in [0.717, 1.165) is 44.2 Å². The van der Waals surface area contributed by atoms with Crippen molar-refractivity contribution in [3.63, 3.8) is 0 Å². The molecule has 1 aromatic carbocycles. The van der Waals surface area contributed by atoms with Crippen molar-refractivity contribution >= 4 is 21.8 Å². The SMILES string of the molecule is O=C(NC1(CBr)CCCCC1)c1cccc(C(F)(F)F)c1.